The molecule has 1 aliphatic rings. The second-order valence-corrected chi connectivity index (χ2v) is 5.37. The van der Waals surface area contributed by atoms with Crippen molar-refractivity contribution in [2.24, 2.45) is 4.99 Å². The Bertz CT molecular complexity index is 665. The fourth-order valence-corrected chi connectivity index (χ4v) is 2.88. The Morgan fingerprint density at radius 3 is 2.45 bits per heavy atom. The molecule has 0 aromatic heterocycles. The molecule has 1 aliphatic heterocycles. The van der Waals surface area contributed by atoms with Crippen molar-refractivity contribution in [1.29, 1.82) is 0 Å². The molecular weight excluding hydrogens is 242 g/mol. The lowest BCUT2D eigenvalue weighted by Crippen LogP contribution is -2.07. The Balaban J connectivity index is 2.13. The van der Waals surface area contributed by atoms with Crippen LogP contribution in [0.4, 0.5) is 0 Å². The van der Waals surface area contributed by atoms with Gasteiger partial charge in [0.2, 0.25) is 0 Å². The number of hydrogen-bond donors (Lipinski definition) is 0. The molecule has 0 bridgehead atoms. The molecular formula is C19H19N. The molecule has 0 radical (unpaired) electrons. The molecule has 100 valence electrons. The molecule has 20 heavy (non-hydrogen) atoms. The Morgan fingerprint density at radius 1 is 0.950 bits per heavy atom. The average molecular weight is 261 g/mol. The van der Waals surface area contributed by atoms with E-state index >= 15 is 0 Å². The molecule has 3 rings (SSSR count). The standard InChI is InChI=1S/C19H19N/c1-14-7-6-10-18(15(14)2)19(17-11-12-20-13-17)16-8-4-3-5-9-16/h3-10,12-13,19H,11H2,1-2H3. The van der Waals surface area contributed by atoms with Gasteiger partial charge in [-0.2, -0.15) is 0 Å². The molecule has 0 fully saturated rings. The van der Waals surface area contributed by atoms with Crippen molar-refractivity contribution < 1.29 is 0 Å². The maximum absolute atomic E-state index is 4.30. The number of allylic oxidation sites excluding steroid dienone is 1. The van der Waals surface area contributed by atoms with Gasteiger partial charge in [-0.3, -0.25) is 4.99 Å². The second-order valence-electron chi connectivity index (χ2n) is 5.37. The van der Waals surface area contributed by atoms with E-state index in [9.17, 15) is 0 Å². The molecule has 2 aromatic carbocycles. The molecule has 0 amide bonds. The van der Waals surface area contributed by atoms with Crippen molar-refractivity contribution in [3.63, 3.8) is 0 Å². The SMILES string of the molecule is Cc1cccc(C(C2=CN=CC2)c2ccccc2)c1C. The van der Waals surface area contributed by atoms with Crippen LogP contribution in [0.5, 0.6) is 0 Å². The molecule has 0 saturated heterocycles. The highest BCUT2D eigenvalue weighted by molar-refractivity contribution is 5.67. The third-order valence-electron chi connectivity index (χ3n) is 4.13. The Hall–Kier alpha value is -2.15. The van der Waals surface area contributed by atoms with Gasteiger partial charge in [0.05, 0.1) is 0 Å². The first-order chi connectivity index (χ1) is 9.77. The van der Waals surface area contributed by atoms with Crippen LogP contribution in [0.3, 0.4) is 0 Å². The summed E-state index contributed by atoms with van der Waals surface area (Å²) in [5.41, 5.74) is 6.85. The van der Waals surface area contributed by atoms with Crippen LogP contribution >= 0.6 is 0 Å². The van der Waals surface area contributed by atoms with Crippen molar-refractivity contribution in [3.05, 3.63) is 82.6 Å². The van der Waals surface area contributed by atoms with E-state index in [1.54, 1.807) is 0 Å². The van der Waals surface area contributed by atoms with Gasteiger partial charge >= 0.3 is 0 Å². The van der Waals surface area contributed by atoms with Crippen LogP contribution in [-0.4, -0.2) is 6.21 Å². The van der Waals surface area contributed by atoms with Gasteiger partial charge < -0.3 is 0 Å². The van der Waals surface area contributed by atoms with Crippen LogP contribution in [0.25, 0.3) is 0 Å². The predicted molar refractivity (Wildman–Crippen MR) is 85.4 cm³/mol. The van der Waals surface area contributed by atoms with Crippen LogP contribution in [0.1, 0.15) is 34.6 Å². The maximum atomic E-state index is 4.30. The number of rotatable bonds is 3. The minimum atomic E-state index is 0.318. The van der Waals surface area contributed by atoms with Gasteiger partial charge in [0, 0.05) is 24.8 Å². The smallest absolute Gasteiger partial charge is 0.0323 e. The van der Waals surface area contributed by atoms with Crippen molar-refractivity contribution in [2.75, 3.05) is 0 Å². The molecule has 0 N–H and O–H groups in total. The van der Waals surface area contributed by atoms with Crippen LogP contribution in [0, 0.1) is 13.8 Å². The zero-order valence-electron chi connectivity index (χ0n) is 12.0. The maximum Gasteiger partial charge on any atom is 0.0323 e. The third kappa shape index (κ3) is 2.32. The van der Waals surface area contributed by atoms with Crippen molar-refractivity contribution in [3.8, 4) is 0 Å². The normalized spacial score (nSPS) is 15.2. The predicted octanol–water partition coefficient (Wildman–Crippen LogP) is 4.79. The van der Waals surface area contributed by atoms with E-state index in [1.807, 2.05) is 12.4 Å². The van der Waals surface area contributed by atoms with E-state index in [0.29, 0.717) is 5.92 Å². The van der Waals surface area contributed by atoms with E-state index in [2.05, 4.69) is 67.4 Å². The lowest BCUT2D eigenvalue weighted by atomic mass is 9.81. The Labute approximate surface area is 120 Å². The van der Waals surface area contributed by atoms with Gasteiger partial charge in [-0.1, -0.05) is 48.5 Å². The molecule has 2 aromatic rings. The van der Waals surface area contributed by atoms with Crippen LogP contribution in [0.15, 0.2) is 65.3 Å². The van der Waals surface area contributed by atoms with Gasteiger partial charge in [0.25, 0.3) is 0 Å². The highest BCUT2D eigenvalue weighted by Gasteiger charge is 2.21. The summed E-state index contributed by atoms with van der Waals surface area (Å²) in [5.74, 6) is 0.318. The highest BCUT2D eigenvalue weighted by atomic mass is 14.7. The average Bonchev–Trinajstić information content (AvgIpc) is 2.99. The first kappa shape index (κ1) is 12.9. The Morgan fingerprint density at radius 2 is 1.75 bits per heavy atom. The number of aryl methyl sites for hydroxylation is 1. The topological polar surface area (TPSA) is 12.4 Å². The summed E-state index contributed by atoms with van der Waals surface area (Å²) in [6.07, 6.45) is 4.97. The van der Waals surface area contributed by atoms with Gasteiger partial charge in [-0.15, -0.1) is 0 Å². The van der Waals surface area contributed by atoms with Gasteiger partial charge in [0.15, 0.2) is 0 Å². The van der Waals surface area contributed by atoms with E-state index < -0.39 is 0 Å². The van der Waals surface area contributed by atoms with E-state index in [-0.39, 0.29) is 0 Å². The molecule has 1 heterocycles. The molecule has 1 nitrogen and oxygen atoms in total. The zero-order valence-corrected chi connectivity index (χ0v) is 12.0. The lowest BCUT2D eigenvalue weighted by Gasteiger charge is -2.22. The number of hydrogen-bond acceptors (Lipinski definition) is 1. The molecule has 0 saturated carbocycles. The lowest BCUT2D eigenvalue weighted by molar-refractivity contribution is 0.915. The largest absolute Gasteiger partial charge is 0.269 e. The summed E-state index contributed by atoms with van der Waals surface area (Å²) in [6, 6.07) is 17.3. The fraction of sp³-hybridized carbons (Fsp3) is 0.211. The first-order valence-electron chi connectivity index (χ1n) is 7.09. The summed E-state index contributed by atoms with van der Waals surface area (Å²) >= 11 is 0. The molecule has 1 unspecified atom stereocenters. The summed E-state index contributed by atoms with van der Waals surface area (Å²) in [4.78, 5) is 4.30. The monoisotopic (exact) mass is 261 g/mol. The summed E-state index contributed by atoms with van der Waals surface area (Å²) in [5, 5.41) is 0. The molecule has 1 heteroatoms. The Kier molecular flexibility index (Phi) is 3.51. The van der Waals surface area contributed by atoms with Crippen molar-refractivity contribution in [2.45, 2.75) is 26.2 Å². The number of aliphatic imine (C=N–C) groups is 1. The second kappa shape index (κ2) is 5.46. The van der Waals surface area contributed by atoms with Gasteiger partial charge in [-0.25, -0.2) is 0 Å². The van der Waals surface area contributed by atoms with Crippen molar-refractivity contribution >= 4 is 6.21 Å². The zero-order chi connectivity index (χ0) is 13.9. The van der Waals surface area contributed by atoms with Crippen molar-refractivity contribution in [1.82, 2.24) is 0 Å². The van der Waals surface area contributed by atoms with E-state index in [0.717, 1.165) is 6.42 Å². The summed E-state index contributed by atoms with van der Waals surface area (Å²) < 4.78 is 0. The molecule has 0 spiro atoms. The van der Waals surface area contributed by atoms with Gasteiger partial charge in [0.1, 0.15) is 0 Å². The number of benzene rings is 2. The summed E-state index contributed by atoms with van der Waals surface area (Å²) in [7, 11) is 0. The molecule has 1 atom stereocenters. The van der Waals surface area contributed by atoms with E-state index in [1.165, 1.54) is 27.8 Å². The number of nitrogens with zero attached hydrogens (tertiary/aromatic N) is 1. The minimum Gasteiger partial charge on any atom is -0.269 e. The third-order valence-corrected chi connectivity index (χ3v) is 4.13. The quantitative estimate of drug-likeness (QED) is 0.753. The van der Waals surface area contributed by atoms with E-state index in [4.69, 9.17) is 0 Å². The molecule has 0 aliphatic carbocycles. The first-order valence-corrected chi connectivity index (χ1v) is 7.09. The van der Waals surface area contributed by atoms with Gasteiger partial charge in [-0.05, 0) is 41.7 Å². The van der Waals surface area contributed by atoms with Crippen LogP contribution in [-0.2, 0) is 0 Å². The van der Waals surface area contributed by atoms with Crippen LogP contribution in [0.2, 0.25) is 0 Å². The fourth-order valence-electron chi connectivity index (χ4n) is 2.88. The summed E-state index contributed by atoms with van der Waals surface area (Å²) in [6.45, 7) is 4.40. The minimum absolute atomic E-state index is 0.318. The highest BCUT2D eigenvalue weighted by Crippen LogP contribution is 2.36. The van der Waals surface area contributed by atoms with Crippen LogP contribution < -0.4 is 0 Å².